The fraction of sp³-hybridized carbons (Fsp3) is 0.533. The molecule has 0 aromatic heterocycles. The van der Waals surface area contributed by atoms with E-state index < -0.39 is 0 Å². The van der Waals surface area contributed by atoms with Crippen LogP contribution in [0.4, 0.5) is 5.69 Å². The van der Waals surface area contributed by atoms with Gasteiger partial charge in [-0.3, -0.25) is 4.79 Å². The molecule has 1 fully saturated rings. The van der Waals surface area contributed by atoms with Gasteiger partial charge >= 0.3 is 0 Å². The van der Waals surface area contributed by atoms with Gasteiger partial charge in [-0.25, -0.2) is 0 Å². The SMILES string of the molecule is CCCC1CC1(C)C(=O)Nc1ccc(OC)cc1. The maximum absolute atomic E-state index is 12.2. The van der Waals surface area contributed by atoms with Gasteiger partial charge in [0, 0.05) is 11.1 Å². The average Bonchev–Trinajstić information content (AvgIpc) is 3.03. The van der Waals surface area contributed by atoms with Gasteiger partial charge in [-0.1, -0.05) is 20.3 Å². The topological polar surface area (TPSA) is 38.3 Å². The first-order chi connectivity index (χ1) is 8.60. The van der Waals surface area contributed by atoms with Crippen LogP contribution in [0, 0.1) is 11.3 Å². The first-order valence-corrected chi connectivity index (χ1v) is 6.55. The normalized spacial score (nSPS) is 25.6. The molecule has 1 amide bonds. The zero-order chi connectivity index (χ0) is 13.2. The quantitative estimate of drug-likeness (QED) is 0.865. The van der Waals surface area contributed by atoms with E-state index in [1.54, 1.807) is 7.11 Å². The van der Waals surface area contributed by atoms with Crippen LogP contribution in [0.2, 0.25) is 0 Å². The van der Waals surface area contributed by atoms with E-state index in [1.165, 1.54) is 0 Å². The molecule has 2 atom stereocenters. The van der Waals surface area contributed by atoms with Crippen molar-refractivity contribution in [3.63, 3.8) is 0 Å². The van der Waals surface area contributed by atoms with Crippen molar-refractivity contribution in [2.24, 2.45) is 11.3 Å². The molecular formula is C15H21NO2. The molecule has 18 heavy (non-hydrogen) atoms. The minimum Gasteiger partial charge on any atom is -0.497 e. The van der Waals surface area contributed by atoms with Gasteiger partial charge in [0.15, 0.2) is 0 Å². The summed E-state index contributed by atoms with van der Waals surface area (Å²) in [4.78, 5) is 12.2. The Morgan fingerprint density at radius 2 is 2.11 bits per heavy atom. The number of carbonyl (C=O) groups is 1. The van der Waals surface area contributed by atoms with Gasteiger partial charge in [-0.15, -0.1) is 0 Å². The summed E-state index contributed by atoms with van der Waals surface area (Å²) in [6.07, 6.45) is 3.31. The Kier molecular flexibility index (Phi) is 3.60. The number of nitrogens with one attached hydrogen (secondary N) is 1. The molecule has 2 rings (SSSR count). The van der Waals surface area contributed by atoms with Gasteiger partial charge in [-0.05, 0) is 43.0 Å². The smallest absolute Gasteiger partial charge is 0.230 e. The number of anilines is 1. The van der Waals surface area contributed by atoms with E-state index in [9.17, 15) is 4.79 Å². The second-order valence-corrected chi connectivity index (χ2v) is 5.29. The second kappa shape index (κ2) is 5.01. The lowest BCUT2D eigenvalue weighted by Gasteiger charge is -2.12. The standard InChI is InChI=1S/C15H21NO2/c1-4-5-11-10-15(11,2)14(17)16-12-6-8-13(18-3)9-7-12/h6-9,11H,4-5,10H2,1-3H3,(H,16,17). The lowest BCUT2D eigenvalue weighted by Crippen LogP contribution is -2.23. The van der Waals surface area contributed by atoms with E-state index in [4.69, 9.17) is 4.74 Å². The average molecular weight is 247 g/mol. The minimum absolute atomic E-state index is 0.145. The molecule has 1 aromatic rings. The Morgan fingerprint density at radius 1 is 1.44 bits per heavy atom. The van der Waals surface area contributed by atoms with Crippen LogP contribution in [-0.4, -0.2) is 13.0 Å². The maximum Gasteiger partial charge on any atom is 0.230 e. The summed E-state index contributed by atoms with van der Waals surface area (Å²) < 4.78 is 5.09. The largest absolute Gasteiger partial charge is 0.497 e. The third-order valence-corrected chi connectivity index (χ3v) is 3.92. The van der Waals surface area contributed by atoms with Crippen molar-refractivity contribution in [1.82, 2.24) is 0 Å². The molecule has 0 aliphatic heterocycles. The van der Waals surface area contributed by atoms with Gasteiger partial charge in [0.2, 0.25) is 5.91 Å². The predicted octanol–water partition coefficient (Wildman–Crippen LogP) is 3.46. The van der Waals surface area contributed by atoms with Gasteiger partial charge in [0.25, 0.3) is 0 Å². The van der Waals surface area contributed by atoms with Crippen molar-refractivity contribution in [1.29, 1.82) is 0 Å². The molecule has 2 unspecified atom stereocenters. The summed E-state index contributed by atoms with van der Waals surface area (Å²) in [5.74, 6) is 1.50. The van der Waals surface area contributed by atoms with Crippen LogP contribution in [0.25, 0.3) is 0 Å². The zero-order valence-corrected chi connectivity index (χ0v) is 11.3. The zero-order valence-electron chi connectivity index (χ0n) is 11.3. The number of rotatable bonds is 5. The highest BCUT2D eigenvalue weighted by atomic mass is 16.5. The highest BCUT2D eigenvalue weighted by molar-refractivity contribution is 5.97. The Labute approximate surface area is 109 Å². The van der Waals surface area contributed by atoms with Gasteiger partial charge in [0.05, 0.1) is 7.11 Å². The molecule has 1 aromatic carbocycles. The predicted molar refractivity (Wildman–Crippen MR) is 72.7 cm³/mol. The molecule has 3 heteroatoms. The van der Waals surface area contributed by atoms with Crippen molar-refractivity contribution >= 4 is 11.6 Å². The molecular weight excluding hydrogens is 226 g/mol. The molecule has 0 spiro atoms. The molecule has 1 saturated carbocycles. The minimum atomic E-state index is -0.157. The fourth-order valence-electron chi connectivity index (χ4n) is 2.45. The molecule has 1 N–H and O–H groups in total. The molecule has 0 heterocycles. The Balaban J connectivity index is 1.95. The third kappa shape index (κ3) is 2.50. The number of amides is 1. The number of carbonyl (C=O) groups excluding carboxylic acids is 1. The van der Waals surface area contributed by atoms with Crippen LogP contribution in [-0.2, 0) is 4.79 Å². The van der Waals surface area contributed by atoms with Crippen molar-refractivity contribution in [3.8, 4) is 5.75 Å². The number of benzene rings is 1. The number of hydrogen-bond donors (Lipinski definition) is 1. The Hall–Kier alpha value is -1.51. The summed E-state index contributed by atoms with van der Waals surface area (Å²) in [5, 5.41) is 2.99. The maximum atomic E-state index is 12.2. The number of hydrogen-bond acceptors (Lipinski definition) is 2. The molecule has 1 aliphatic rings. The third-order valence-electron chi connectivity index (χ3n) is 3.92. The summed E-state index contributed by atoms with van der Waals surface area (Å²) >= 11 is 0. The number of methoxy groups -OCH3 is 1. The Bertz CT molecular complexity index is 427. The van der Waals surface area contributed by atoms with Crippen LogP contribution in [0.5, 0.6) is 5.75 Å². The molecule has 3 nitrogen and oxygen atoms in total. The molecule has 0 saturated heterocycles. The van der Waals surface area contributed by atoms with Crippen LogP contribution >= 0.6 is 0 Å². The molecule has 0 radical (unpaired) electrons. The van der Waals surface area contributed by atoms with Crippen molar-refractivity contribution in [3.05, 3.63) is 24.3 Å². The summed E-state index contributed by atoms with van der Waals surface area (Å²) in [6.45, 7) is 4.23. The monoisotopic (exact) mass is 247 g/mol. The van der Waals surface area contributed by atoms with Crippen LogP contribution < -0.4 is 10.1 Å². The van der Waals surface area contributed by atoms with Crippen LogP contribution in [0.3, 0.4) is 0 Å². The molecule has 1 aliphatic carbocycles. The van der Waals surface area contributed by atoms with E-state index in [0.29, 0.717) is 5.92 Å². The van der Waals surface area contributed by atoms with Gasteiger partial charge in [0.1, 0.15) is 5.75 Å². The van der Waals surface area contributed by atoms with Crippen molar-refractivity contribution in [2.75, 3.05) is 12.4 Å². The van der Waals surface area contributed by atoms with E-state index in [1.807, 2.05) is 24.3 Å². The summed E-state index contributed by atoms with van der Waals surface area (Å²) in [5.41, 5.74) is 0.680. The van der Waals surface area contributed by atoms with Crippen LogP contribution in [0.15, 0.2) is 24.3 Å². The van der Waals surface area contributed by atoms with Gasteiger partial charge in [-0.2, -0.15) is 0 Å². The number of ether oxygens (including phenoxy) is 1. The highest BCUT2D eigenvalue weighted by Crippen LogP contribution is 2.55. The van der Waals surface area contributed by atoms with E-state index in [2.05, 4.69) is 19.2 Å². The van der Waals surface area contributed by atoms with Gasteiger partial charge < -0.3 is 10.1 Å². The van der Waals surface area contributed by atoms with E-state index in [-0.39, 0.29) is 11.3 Å². The van der Waals surface area contributed by atoms with Crippen LogP contribution in [0.1, 0.15) is 33.1 Å². The first kappa shape index (κ1) is 12.9. The van der Waals surface area contributed by atoms with Crippen molar-refractivity contribution in [2.45, 2.75) is 33.1 Å². The van der Waals surface area contributed by atoms with E-state index in [0.717, 1.165) is 30.7 Å². The fourth-order valence-corrected chi connectivity index (χ4v) is 2.45. The van der Waals surface area contributed by atoms with Crippen molar-refractivity contribution < 1.29 is 9.53 Å². The Morgan fingerprint density at radius 3 is 2.67 bits per heavy atom. The summed E-state index contributed by atoms with van der Waals surface area (Å²) in [7, 11) is 1.63. The lowest BCUT2D eigenvalue weighted by molar-refractivity contribution is -0.121. The first-order valence-electron chi connectivity index (χ1n) is 6.55. The lowest BCUT2D eigenvalue weighted by atomic mass is 10.0. The summed E-state index contributed by atoms with van der Waals surface area (Å²) in [6, 6.07) is 7.46. The highest BCUT2D eigenvalue weighted by Gasteiger charge is 2.54. The molecule has 0 bridgehead atoms. The van der Waals surface area contributed by atoms with E-state index >= 15 is 0 Å². The second-order valence-electron chi connectivity index (χ2n) is 5.29. The molecule has 98 valence electrons.